The number of likely N-dealkylation sites (tertiary alicyclic amines) is 1. The van der Waals surface area contributed by atoms with E-state index >= 15 is 0 Å². The van der Waals surface area contributed by atoms with Crippen molar-refractivity contribution in [1.29, 1.82) is 0 Å². The maximum absolute atomic E-state index is 13.0. The molecular formula is C24H26N2O. The van der Waals surface area contributed by atoms with Crippen LogP contribution in [0.3, 0.4) is 0 Å². The standard InChI is InChI=1S/C24H26N2O/c27-24(23-12-7-15-26(23)19-22-10-5-2-6-11-22)25-16-13-21(14-17-25)18-20-8-3-1-4-9-20/h1-12,15,21H,13-14,16-19H2. The average Bonchev–Trinajstić information content (AvgIpc) is 3.18. The Bertz CT molecular complexity index is 862. The van der Waals surface area contributed by atoms with Gasteiger partial charge in [0.1, 0.15) is 5.69 Å². The van der Waals surface area contributed by atoms with E-state index in [4.69, 9.17) is 0 Å². The number of rotatable bonds is 5. The van der Waals surface area contributed by atoms with Gasteiger partial charge < -0.3 is 9.47 Å². The molecule has 0 aliphatic carbocycles. The first kappa shape index (κ1) is 17.6. The predicted octanol–water partition coefficient (Wildman–Crippen LogP) is 4.63. The van der Waals surface area contributed by atoms with Gasteiger partial charge >= 0.3 is 0 Å². The molecule has 2 heterocycles. The molecular weight excluding hydrogens is 332 g/mol. The summed E-state index contributed by atoms with van der Waals surface area (Å²) in [6.45, 7) is 2.44. The van der Waals surface area contributed by atoms with E-state index in [9.17, 15) is 4.79 Å². The van der Waals surface area contributed by atoms with Gasteiger partial charge in [-0.1, -0.05) is 60.7 Å². The van der Waals surface area contributed by atoms with Crippen molar-refractivity contribution in [2.75, 3.05) is 13.1 Å². The molecule has 1 fully saturated rings. The zero-order chi connectivity index (χ0) is 18.5. The summed E-state index contributed by atoms with van der Waals surface area (Å²) in [6, 6.07) is 24.9. The average molecular weight is 358 g/mol. The van der Waals surface area contributed by atoms with Crippen LogP contribution in [0.15, 0.2) is 79.0 Å². The molecule has 1 aliphatic heterocycles. The third kappa shape index (κ3) is 4.30. The van der Waals surface area contributed by atoms with Gasteiger partial charge in [-0.2, -0.15) is 0 Å². The Balaban J connectivity index is 1.37. The summed E-state index contributed by atoms with van der Waals surface area (Å²) in [7, 11) is 0. The van der Waals surface area contributed by atoms with Gasteiger partial charge in [-0.25, -0.2) is 0 Å². The number of nitrogens with zero attached hydrogens (tertiary/aromatic N) is 2. The third-order valence-electron chi connectivity index (χ3n) is 5.51. The van der Waals surface area contributed by atoms with Crippen LogP contribution in [-0.2, 0) is 13.0 Å². The highest BCUT2D eigenvalue weighted by molar-refractivity contribution is 5.92. The Labute approximate surface area is 161 Å². The third-order valence-corrected chi connectivity index (χ3v) is 5.51. The number of amides is 1. The van der Waals surface area contributed by atoms with Crippen molar-refractivity contribution in [2.24, 2.45) is 5.92 Å². The van der Waals surface area contributed by atoms with Gasteiger partial charge in [0.2, 0.25) is 0 Å². The lowest BCUT2D eigenvalue weighted by molar-refractivity contribution is 0.0680. The molecule has 0 N–H and O–H groups in total. The van der Waals surface area contributed by atoms with E-state index in [1.54, 1.807) is 0 Å². The smallest absolute Gasteiger partial charge is 0.270 e. The fourth-order valence-corrected chi connectivity index (χ4v) is 3.98. The molecule has 1 saturated heterocycles. The quantitative estimate of drug-likeness (QED) is 0.653. The largest absolute Gasteiger partial charge is 0.339 e. The molecule has 3 nitrogen and oxygen atoms in total. The first-order valence-corrected chi connectivity index (χ1v) is 9.82. The fraction of sp³-hybridized carbons (Fsp3) is 0.292. The normalized spacial score (nSPS) is 15.0. The van der Waals surface area contributed by atoms with Crippen LogP contribution in [0.5, 0.6) is 0 Å². The van der Waals surface area contributed by atoms with Crippen LogP contribution in [0.1, 0.15) is 34.5 Å². The molecule has 2 aromatic carbocycles. The zero-order valence-corrected chi connectivity index (χ0v) is 15.6. The van der Waals surface area contributed by atoms with E-state index in [-0.39, 0.29) is 5.91 Å². The SMILES string of the molecule is O=C(c1cccn1Cc1ccccc1)N1CCC(Cc2ccccc2)CC1. The molecule has 4 rings (SSSR count). The lowest BCUT2D eigenvalue weighted by atomic mass is 9.90. The van der Waals surface area contributed by atoms with Crippen LogP contribution >= 0.6 is 0 Å². The number of piperidine rings is 1. The molecule has 3 heteroatoms. The summed E-state index contributed by atoms with van der Waals surface area (Å²) in [6.07, 6.45) is 5.29. The van der Waals surface area contributed by atoms with Crippen molar-refractivity contribution in [3.8, 4) is 0 Å². The van der Waals surface area contributed by atoms with E-state index < -0.39 is 0 Å². The Morgan fingerprint density at radius 2 is 1.44 bits per heavy atom. The molecule has 138 valence electrons. The predicted molar refractivity (Wildman–Crippen MR) is 109 cm³/mol. The molecule has 1 aliphatic rings. The van der Waals surface area contributed by atoms with E-state index in [1.165, 1.54) is 11.1 Å². The second kappa shape index (κ2) is 8.26. The molecule has 1 amide bonds. The summed E-state index contributed by atoms with van der Waals surface area (Å²) >= 11 is 0. The van der Waals surface area contributed by atoms with Crippen LogP contribution in [0.25, 0.3) is 0 Å². The van der Waals surface area contributed by atoms with Crippen molar-refractivity contribution in [1.82, 2.24) is 9.47 Å². The summed E-state index contributed by atoms with van der Waals surface area (Å²) in [5.74, 6) is 0.835. The summed E-state index contributed by atoms with van der Waals surface area (Å²) in [5, 5.41) is 0. The minimum Gasteiger partial charge on any atom is -0.339 e. The first-order chi connectivity index (χ1) is 13.3. The zero-order valence-electron chi connectivity index (χ0n) is 15.6. The van der Waals surface area contributed by atoms with Crippen molar-refractivity contribution in [3.05, 3.63) is 95.8 Å². The molecule has 0 unspecified atom stereocenters. The Morgan fingerprint density at radius 3 is 2.11 bits per heavy atom. The van der Waals surface area contributed by atoms with Gasteiger partial charge in [0.05, 0.1) is 0 Å². The molecule has 0 atom stereocenters. The van der Waals surface area contributed by atoms with Gasteiger partial charge in [-0.15, -0.1) is 0 Å². The maximum atomic E-state index is 13.0. The molecule has 0 bridgehead atoms. The molecule has 3 aromatic rings. The number of carbonyl (C=O) groups excluding carboxylic acids is 1. The first-order valence-electron chi connectivity index (χ1n) is 9.82. The number of hydrogen-bond acceptors (Lipinski definition) is 1. The molecule has 1 aromatic heterocycles. The van der Waals surface area contributed by atoms with Crippen LogP contribution in [0, 0.1) is 5.92 Å². The van der Waals surface area contributed by atoms with Crippen molar-refractivity contribution >= 4 is 5.91 Å². The lowest BCUT2D eigenvalue weighted by Crippen LogP contribution is -2.39. The van der Waals surface area contributed by atoms with Crippen molar-refractivity contribution in [3.63, 3.8) is 0 Å². The van der Waals surface area contributed by atoms with Crippen LogP contribution in [0.4, 0.5) is 0 Å². The summed E-state index contributed by atoms with van der Waals surface area (Å²) in [4.78, 5) is 15.1. The van der Waals surface area contributed by atoms with Gasteiger partial charge in [-0.05, 0) is 48.4 Å². The highest BCUT2D eigenvalue weighted by Crippen LogP contribution is 2.23. The molecule has 0 radical (unpaired) electrons. The minimum absolute atomic E-state index is 0.161. The van der Waals surface area contributed by atoms with Crippen LogP contribution in [-0.4, -0.2) is 28.5 Å². The monoisotopic (exact) mass is 358 g/mol. The highest BCUT2D eigenvalue weighted by Gasteiger charge is 2.25. The molecule has 0 spiro atoms. The van der Waals surface area contributed by atoms with Gasteiger partial charge in [0.25, 0.3) is 5.91 Å². The number of benzene rings is 2. The maximum Gasteiger partial charge on any atom is 0.270 e. The van der Waals surface area contributed by atoms with Gasteiger partial charge in [0, 0.05) is 25.8 Å². The number of aromatic nitrogens is 1. The Kier molecular flexibility index (Phi) is 5.38. The van der Waals surface area contributed by atoms with Gasteiger partial charge in [0.15, 0.2) is 0 Å². The Hall–Kier alpha value is -2.81. The van der Waals surface area contributed by atoms with Crippen molar-refractivity contribution < 1.29 is 4.79 Å². The number of hydrogen-bond donors (Lipinski definition) is 0. The van der Waals surface area contributed by atoms with E-state index in [0.717, 1.165) is 44.6 Å². The topological polar surface area (TPSA) is 25.2 Å². The van der Waals surface area contributed by atoms with E-state index in [0.29, 0.717) is 5.92 Å². The fourth-order valence-electron chi connectivity index (χ4n) is 3.98. The molecule has 27 heavy (non-hydrogen) atoms. The second-order valence-corrected chi connectivity index (χ2v) is 7.43. The number of carbonyl (C=O) groups is 1. The second-order valence-electron chi connectivity index (χ2n) is 7.43. The summed E-state index contributed by atoms with van der Waals surface area (Å²) in [5.41, 5.74) is 3.41. The van der Waals surface area contributed by atoms with Crippen LogP contribution < -0.4 is 0 Å². The lowest BCUT2D eigenvalue weighted by Gasteiger charge is -2.32. The van der Waals surface area contributed by atoms with Crippen LogP contribution in [0.2, 0.25) is 0 Å². The van der Waals surface area contributed by atoms with E-state index in [2.05, 4.69) is 47.0 Å². The van der Waals surface area contributed by atoms with Gasteiger partial charge in [-0.3, -0.25) is 4.79 Å². The Morgan fingerprint density at radius 1 is 0.815 bits per heavy atom. The summed E-state index contributed by atoms with van der Waals surface area (Å²) < 4.78 is 2.06. The highest BCUT2D eigenvalue weighted by atomic mass is 16.2. The minimum atomic E-state index is 0.161. The van der Waals surface area contributed by atoms with Crippen molar-refractivity contribution in [2.45, 2.75) is 25.8 Å². The molecule has 0 saturated carbocycles. The van der Waals surface area contributed by atoms with E-state index in [1.807, 2.05) is 41.4 Å².